The van der Waals surface area contributed by atoms with E-state index in [2.05, 4.69) is 0 Å². The first-order valence-corrected chi connectivity index (χ1v) is 2.67. The number of carbonyl (C=O) groups excluding carboxylic acids is 1. The summed E-state index contributed by atoms with van der Waals surface area (Å²) in [5, 5.41) is 0. The summed E-state index contributed by atoms with van der Waals surface area (Å²) in [6, 6.07) is -0.477. The van der Waals surface area contributed by atoms with Gasteiger partial charge in [-0.15, -0.1) is 0 Å². The van der Waals surface area contributed by atoms with Gasteiger partial charge >= 0.3 is 0 Å². The molecule has 0 fully saturated rings. The lowest BCUT2D eigenvalue weighted by atomic mass is 10.3. The lowest BCUT2D eigenvalue weighted by Crippen LogP contribution is -2.39. The largest absolute Gasteiger partial charge is 0.326 e. The van der Waals surface area contributed by atoms with Crippen molar-refractivity contribution in [3.63, 3.8) is 0 Å². The van der Waals surface area contributed by atoms with Gasteiger partial charge in [0.2, 0.25) is 5.91 Å². The predicted molar refractivity (Wildman–Crippen MR) is 34.9 cm³/mol. The Morgan fingerprint density at radius 3 is 2.33 bits per heavy atom. The van der Waals surface area contributed by atoms with Gasteiger partial charge in [-0.3, -0.25) is 4.79 Å². The van der Waals surface area contributed by atoms with Gasteiger partial charge in [-0.2, -0.15) is 0 Å². The van der Waals surface area contributed by atoms with Crippen molar-refractivity contribution in [3.05, 3.63) is 6.67 Å². The standard InChI is InChI=1S/C5H12N3O/c1-4(7)5(9)8(2)3-6/h3-4H,6-7H2,1-2H3/t4-/m1/s1. The highest BCUT2D eigenvalue weighted by Crippen LogP contribution is 1.86. The fourth-order valence-electron chi connectivity index (χ4n) is 0.395. The molecule has 0 spiro atoms. The molecule has 0 aromatic rings. The van der Waals surface area contributed by atoms with Gasteiger partial charge in [-0.1, -0.05) is 0 Å². The third-order valence-electron chi connectivity index (χ3n) is 0.961. The number of rotatable bonds is 2. The van der Waals surface area contributed by atoms with Crippen molar-refractivity contribution >= 4 is 5.91 Å². The van der Waals surface area contributed by atoms with Crippen molar-refractivity contribution in [2.24, 2.45) is 11.5 Å². The van der Waals surface area contributed by atoms with Crippen LogP contribution < -0.4 is 11.5 Å². The molecule has 0 aliphatic heterocycles. The first-order chi connectivity index (χ1) is 4.09. The average Bonchev–Trinajstić information content (AvgIpc) is 1.84. The molecule has 53 valence electrons. The van der Waals surface area contributed by atoms with E-state index in [1.54, 1.807) is 14.0 Å². The number of amides is 1. The van der Waals surface area contributed by atoms with Crippen molar-refractivity contribution in [2.75, 3.05) is 7.05 Å². The second kappa shape index (κ2) is 3.42. The van der Waals surface area contributed by atoms with Gasteiger partial charge in [0, 0.05) is 7.05 Å². The van der Waals surface area contributed by atoms with Crippen LogP contribution in [0, 0.1) is 6.67 Å². The number of hydrogen-bond donors (Lipinski definition) is 2. The van der Waals surface area contributed by atoms with Crippen LogP contribution in [0.2, 0.25) is 0 Å². The second-order valence-electron chi connectivity index (χ2n) is 1.89. The predicted octanol–water partition coefficient (Wildman–Crippen LogP) is -1.13. The molecule has 4 N–H and O–H groups in total. The molecule has 0 aromatic carbocycles. The van der Waals surface area contributed by atoms with Gasteiger partial charge in [0.1, 0.15) is 6.67 Å². The molecule has 9 heavy (non-hydrogen) atoms. The Hall–Kier alpha value is -0.610. The Morgan fingerprint density at radius 2 is 2.22 bits per heavy atom. The molecule has 0 bridgehead atoms. The van der Waals surface area contributed by atoms with Crippen LogP contribution in [-0.4, -0.2) is 23.9 Å². The summed E-state index contributed by atoms with van der Waals surface area (Å²) in [4.78, 5) is 12.0. The quantitative estimate of drug-likeness (QED) is 0.497. The average molecular weight is 130 g/mol. The first-order valence-electron chi connectivity index (χ1n) is 2.67. The molecular formula is C5H12N3O. The number of likely N-dealkylation sites (N-methyl/N-ethyl adjacent to an activating group) is 1. The van der Waals surface area contributed by atoms with E-state index in [0.29, 0.717) is 0 Å². The number of nitrogens with two attached hydrogens (primary N) is 2. The van der Waals surface area contributed by atoms with E-state index in [0.717, 1.165) is 0 Å². The number of hydrogen-bond acceptors (Lipinski definition) is 3. The van der Waals surface area contributed by atoms with Crippen molar-refractivity contribution in [3.8, 4) is 0 Å². The maximum absolute atomic E-state index is 10.8. The molecule has 0 unspecified atom stereocenters. The summed E-state index contributed by atoms with van der Waals surface area (Å²) in [6.07, 6.45) is 0. The molecule has 0 saturated heterocycles. The van der Waals surface area contributed by atoms with Gasteiger partial charge < -0.3 is 16.4 Å². The van der Waals surface area contributed by atoms with Crippen LogP contribution in [0.4, 0.5) is 0 Å². The normalized spacial score (nSPS) is 12.9. The SMILES string of the molecule is C[C@@H](N)C(=O)N(C)[CH]N. The van der Waals surface area contributed by atoms with Crippen molar-refractivity contribution in [1.29, 1.82) is 0 Å². The third kappa shape index (κ3) is 2.43. The molecule has 1 radical (unpaired) electrons. The monoisotopic (exact) mass is 130 g/mol. The zero-order chi connectivity index (χ0) is 7.44. The fraction of sp³-hybridized carbons (Fsp3) is 0.600. The van der Waals surface area contributed by atoms with E-state index >= 15 is 0 Å². The zero-order valence-electron chi connectivity index (χ0n) is 5.66. The van der Waals surface area contributed by atoms with E-state index in [1.807, 2.05) is 0 Å². The van der Waals surface area contributed by atoms with E-state index in [9.17, 15) is 4.79 Å². The molecular weight excluding hydrogens is 118 g/mol. The molecule has 0 heterocycles. The van der Waals surface area contributed by atoms with Crippen molar-refractivity contribution in [2.45, 2.75) is 13.0 Å². The summed E-state index contributed by atoms with van der Waals surface area (Å²) >= 11 is 0. The van der Waals surface area contributed by atoms with Gasteiger partial charge in [-0.25, -0.2) is 0 Å². The van der Waals surface area contributed by atoms with Gasteiger partial charge in [0.05, 0.1) is 6.04 Å². The first kappa shape index (κ1) is 8.39. The highest BCUT2D eigenvalue weighted by atomic mass is 16.2. The third-order valence-corrected chi connectivity index (χ3v) is 0.961. The zero-order valence-corrected chi connectivity index (χ0v) is 5.66. The minimum absolute atomic E-state index is 0.183. The Bertz CT molecular complexity index is 102. The molecule has 0 rings (SSSR count). The van der Waals surface area contributed by atoms with Crippen LogP contribution in [-0.2, 0) is 4.79 Å². The van der Waals surface area contributed by atoms with Crippen LogP contribution in [0.15, 0.2) is 0 Å². The van der Waals surface area contributed by atoms with Crippen LogP contribution >= 0.6 is 0 Å². The maximum Gasteiger partial charge on any atom is 0.240 e. The Kier molecular flexibility index (Phi) is 3.19. The summed E-state index contributed by atoms with van der Waals surface area (Å²) in [7, 11) is 1.56. The molecule has 1 atom stereocenters. The van der Waals surface area contributed by atoms with Crippen LogP contribution in [0.25, 0.3) is 0 Å². The van der Waals surface area contributed by atoms with Gasteiger partial charge in [-0.05, 0) is 6.92 Å². The molecule has 4 nitrogen and oxygen atoms in total. The lowest BCUT2D eigenvalue weighted by molar-refractivity contribution is -0.129. The summed E-state index contributed by atoms with van der Waals surface area (Å²) in [5.41, 5.74) is 10.3. The van der Waals surface area contributed by atoms with Gasteiger partial charge in [0.15, 0.2) is 0 Å². The van der Waals surface area contributed by atoms with Crippen LogP contribution in [0.5, 0.6) is 0 Å². The van der Waals surface area contributed by atoms with Crippen LogP contribution in [0.1, 0.15) is 6.92 Å². The molecule has 4 heteroatoms. The number of carbonyl (C=O) groups is 1. The lowest BCUT2D eigenvalue weighted by Gasteiger charge is -2.15. The minimum atomic E-state index is -0.477. The van der Waals surface area contributed by atoms with E-state index in [4.69, 9.17) is 11.5 Å². The minimum Gasteiger partial charge on any atom is -0.326 e. The molecule has 0 aromatic heterocycles. The van der Waals surface area contributed by atoms with E-state index in [1.165, 1.54) is 11.6 Å². The highest BCUT2D eigenvalue weighted by Gasteiger charge is 2.10. The second-order valence-corrected chi connectivity index (χ2v) is 1.89. The van der Waals surface area contributed by atoms with Crippen molar-refractivity contribution < 1.29 is 4.79 Å². The molecule has 0 aliphatic rings. The van der Waals surface area contributed by atoms with Gasteiger partial charge in [0.25, 0.3) is 0 Å². The topological polar surface area (TPSA) is 72.4 Å². The number of nitrogens with zero attached hydrogens (tertiary/aromatic N) is 1. The molecule has 1 amide bonds. The molecule has 0 aliphatic carbocycles. The summed E-state index contributed by atoms with van der Waals surface area (Å²) in [5.74, 6) is -0.183. The van der Waals surface area contributed by atoms with E-state index in [-0.39, 0.29) is 5.91 Å². The smallest absolute Gasteiger partial charge is 0.240 e. The maximum atomic E-state index is 10.8. The summed E-state index contributed by atoms with van der Waals surface area (Å²) < 4.78 is 0. The Labute approximate surface area is 54.8 Å². The van der Waals surface area contributed by atoms with Crippen LogP contribution in [0.3, 0.4) is 0 Å². The Balaban J connectivity index is 3.73. The van der Waals surface area contributed by atoms with E-state index < -0.39 is 6.04 Å². The molecule has 0 saturated carbocycles. The fourth-order valence-corrected chi connectivity index (χ4v) is 0.395. The Morgan fingerprint density at radius 1 is 1.78 bits per heavy atom. The summed E-state index contributed by atoms with van der Waals surface area (Å²) in [6.45, 7) is 2.80. The van der Waals surface area contributed by atoms with Crippen molar-refractivity contribution in [1.82, 2.24) is 4.90 Å². The highest BCUT2D eigenvalue weighted by molar-refractivity contribution is 5.81.